The van der Waals surface area contributed by atoms with Gasteiger partial charge in [-0.05, 0) is 52.6 Å². The van der Waals surface area contributed by atoms with Crippen LogP contribution in [0.2, 0.25) is 0 Å². The second kappa shape index (κ2) is 6.72. The Morgan fingerprint density at radius 3 is 2.09 bits per heavy atom. The van der Waals surface area contributed by atoms with E-state index in [1.807, 2.05) is 42.7 Å². The van der Waals surface area contributed by atoms with Gasteiger partial charge in [-0.2, -0.15) is 0 Å². The average Bonchev–Trinajstić information content (AvgIpc) is 2.62. The van der Waals surface area contributed by atoms with Gasteiger partial charge in [0.25, 0.3) is 0 Å². The number of aromatic nitrogens is 1. The van der Waals surface area contributed by atoms with Crippen LogP contribution in [0.5, 0.6) is 5.75 Å². The molecule has 2 heteroatoms. The first-order chi connectivity index (χ1) is 10.9. The average molecular weight is 287 g/mol. The predicted molar refractivity (Wildman–Crippen MR) is 90.6 cm³/mol. The van der Waals surface area contributed by atoms with E-state index in [-0.39, 0.29) is 0 Å². The Morgan fingerprint density at radius 1 is 0.818 bits per heavy atom. The SMILES string of the molecule is COc1ccc(C=C(c2ccccc2)c2ccncc2)cc1. The lowest BCUT2D eigenvalue weighted by Gasteiger charge is -2.09. The van der Waals surface area contributed by atoms with Crippen LogP contribution in [0.3, 0.4) is 0 Å². The maximum atomic E-state index is 5.21. The van der Waals surface area contributed by atoms with Crippen LogP contribution in [-0.4, -0.2) is 12.1 Å². The first kappa shape index (κ1) is 14.1. The Labute approximate surface area is 130 Å². The van der Waals surface area contributed by atoms with Crippen LogP contribution < -0.4 is 4.74 Å². The van der Waals surface area contributed by atoms with Crippen LogP contribution in [-0.2, 0) is 0 Å². The Hall–Kier alpha value is -2.87. The summed E-state index contributed by atoms with van der Waals surface area (Å²) in [7, 11) is 1.68. The number of hydrogen-bond donors (Lipinski definition) is 0. The van der Waals surface area contributed by atoms with Crippen molar-refractivity contribution in [2.45, 2.75) is 0 Å². The monoisotopic (exact) mass is 287 g/mol. The molecule has 0 saturated carbocycles. The maximum absolute atomic E-state index is 5.21. The molecule has 0 atom stereocenters. The molecule has 0 unspecified atom stereocenters. The molecule has 0 aliphatic heterocycles. The molecular weight excluding hydrogens is 270 g/mol. The number of methoxy groups -OCH3 is 1. The molecule has 0 N–H and O–H groups in total. The Bertz CT molecular complexity index is 705. The Balaban J connectivity index is 2.06. The summed E-state index contributed by atoms with van der Waals surface area (Å²) >= 11 is 0. The van der Waals surface area contributed by atoms with Gasteiger partial charge in [0.15, 0.2) is 0 Å². The van der Waals surface area contributed by atoms with Crippen molar-refractivity contribution in [1.82, 2.24) is 4.98 Å². The molecule has 3 rings (SSSR count). The summed E-state index contributed by atoms with van der Waals surface area (Å²) in [4.78, 5) is 4.11. The number of ether oxygens (including phenoxy) is 1. The zero-order valence-corrected chi connectivity index (χ0v) is 12.4. The molecular formula is C20H17NO. The molecule has 0 fully saturated rings. The summed E-state index contributed by atoms with van der Waals surface area (Å²) in [6, 6.07) is 22.5. The van der Waals surface area contributed by atoms with Crippen LogP contribution in [0.25, 0.3) is 11.6 Å². The zero-order chi connectivity index (χ0) is 15.2. The number of rotatable bonds is 4. The summed E-state index contributed by atoms with van der Waals surface area (Å²) in [6.07, 6.45) is 5.82. The van der Waals surface area contributed by atoms with Crippen LogP contribution in [0, 0.1) is 0 Å². The standard InChI is InChI=1S/C20H17NO/c1-22-19-9-7-16(8-10-19)15-20(17-5-3-2-4-6-17)18-11-13-21-14-12-18/h2-15H,1H3. The van der Waals surface area contributed by atoms with Crippen molar-refractivity contribution >= 4 is 11.6 Å². The highest BCUT2D eigenvalue weighted by molar-refractivity contribution is 5.91. The van der Waals surface area contributed by atoms with Gasteiger partial charge in [-0.1, -0.05) is 42.5 Å². The minimum atomic E-state index is 0.863. The van der Waals surface area contributed by atoms with Gasteiger partial charge >= 0.3 is 0 Å². The fourth-order valence-corrected chi connectivity index (χ4v) is 2.35. The van der Waals surface area contributed by atoms with E-state index in [1.54, 1.807) is 7.11 Å². The number of nitrogens with zero attached hydrogens (tertiary/aromatic N) is 1. The molecule has 1 aromatic heterocycles. The van der Waals surface area contributed by atoms with Crippen molar-refractivity contribution < 1.29 is 4.74 Å². The minimum absolute atomic E-state index is 0.863. The highest BCUT2D eigenvalue weighted by Crippen LogP contribution is 2.26. The van der Waals surface area contributed by atoms with E-state index < -0.39 is 0 Å². The second-order valence-corrected chi connectivity index (χ2v) is 4.93. The molecule has 22 heavy (non-hydrogen) atoms. The highest BCUT2D eigenvalue weighted by Gasteiger charge is 2.05. The van der Waals surface area contributed by atoms with E-state index in [4.69, 9.17) is 4.74 Å². The first-order valence-electron chi connectivity index (χ1n) is 7.18. The topological polar surface area (TPSA) is 22.1 Å². The Morgan fingerprint density at radius 2 is 1.45 bits per heavy atom. The van der Waals surface area contributed by atoms with Gasteiger partial charge in [0.1, 0.15) is 5.75 Å². The lowest BCUT2D eigenvalue weighted by Crippen LogP contribution is -1.89. The van der Waals surface area contributed by atoms with E-state index in [9.17, 15) is 0 Å². The van der Waals surface area contributed by atoms with Crippen LogP contribution in [0.1, 0.15) is 16.7 Å². The lowest BCUT2D eigenvalue weighted by atomic mass is 9.96. The van der Waals surface area contributed by atoms with Crippen molar-refractivity contribution in [3.05, 3.63) is 95.8 Å². The van der Waals surface area contributed by atoms with Gasteiger partial charge in [-0.25, -0.2) is 0 Å². The molecule has 0 aliphatic rings. The van der Waals surface area contributed by atoms with E-state index in [2.05, 4.69) is 47.5 Å². The fraction of sp³-hybridized carbons (Fsp3) is 0.0500. The molecule has 3 aromatic rings. The normalized spacial score (nSPS) is 11.2. The van der Waals surface area contributed by atoms with Gasteiger partial charge in [0, 0.05) is 12.4 Å². The number of hydrogen-bond acceptors (Lipinski definition) is 2. The summed E-state index contributed by atoms with van der Waals surface area (Å²) < 4.78 is 5.21. The molecule has 0 spiro atoms. The smallest absolute Gasteiger partial charge is 0.118 e. The van der Waals surface area contributed by atoms with Crippen molar-refractivity contribution in [2.75, 3.05) is 7.11 Å². The minimum Gasteiger partial charge on any atom is -0.497 e. The van der Waals surface area contributed by atoms with E-state index in [0.29, 0.717) is 0 Å². The van der Waals surface area contributed by atoms with Gasteiger partial charge < -0.3 is 4.74 Å². The molecule has 0 bridgehead atoms. The molecule has 108 valence electrons. The van der Waals surface area contributed by atoms with Crippen molar-refractivity contribution in [3.8, 4) is 5.75 Å². The molecule has 2 nitrogen and oxygen atoms in total. The third-order valence-corrected chi connectivity index (χ3v) is 3.50. The summed E-state index contributed by atoms with van der Waals surface area (Å²) in [5.41, 5.74) is 4.64. The van der Waals surface area contributed by atoms with Gasteiger partial charge in [0.2, 0.25) is 0 Å². The van der Waals surface area contributed by atoms with Gasteiger partial charge in [0.05, 0.1) is 7.11 Å². The van der Waals surface area contributed by atoms with E-state index in [0.717, 1.165) is 16.9 Å². The van der Waals surface area contributed by atoms with Crippen LogP contribution >= 0.6 is 0 Å². The molecule has 0 aliphatic carbocycles. The molecule has 0 amide bonds. The van der Waals surface area contributed by atoms with E-state index >= 15 is 0 Å². The molecule has 0 radical (unpaired) electrons. The highest BCUT2D eigenvalue weighted by atomic mass is 16.5. The number of benzene rings is 2. The van der Waals surface area contributed by atoms with Crippen molar-refractivity contribution in [2.24, 2.45) is 0 Å². The fourth-order valence-electron chi connectivity index (χ4n) is 2.35. The quantitative estimate of drug-likeness (QED) is 0.650. The maximum Gasteiger partial charge on any atom is 0.118 e. The largest absolute Gasteiger partial charge is 0.497 e. The summed E-state index contributed by atoms with van der Waals surface area (Å²) in [5.74, 6) is 0.863. The molecule has 0 saturated heterocycles. The predicted octanol–water partition coefficient (Wildman–Crippen LogP) is 4.68. The third-order valence-electron chi connectivity index (χ3n) is 3.50. The molecule has 1 heterocycles. The van der Waals surface area contributed by atoms with E-state index in [1.165, 1.54) is 11.1 Å². The van der Waals surface area contributed by atoms with Crippen molar-refractivity contribution in [1.29, 1.82) is 0 Å². The van der Waals surface area contributed by atoms with Crippen LogP contribution in [0.15, 0.2) is 79.1 Å². The summed E-state index contributed by atoms with van der Waals surface area (Å²) in [5, 5.41) is 0. The lowest BCUT2D eigenvalue weighted by molar-refractivity contribution is 0.415. The first-order valence-corrected chi connectivity index (χ1v) is 7.18. The van der Waals surface area contributed by atoms with Crippen molar-refractivity contribution in [3.63, 3.8) is 0 Å². The van der Waals surface area contributed by atoms with Crippen LogP contribution in [0.4, 0.5) is 0 Å². The van der Waals surface area contributed by atoms with Gasteiger partial charge in [-0.3, -0.25) is 4.98 Å². The zero-order valence-electron chi connectivity index (χ0n) is 12.4. The second-order valence-electron chi connectivity index (χ2n) is 4.93. The molecule has 2 aromatic carbocycles. The third kappa shape index (κ3) is 3.23. The number of pyridine rings is 1. The summed E-state index contributed by atoms with van der Waals surface area (Å²) in [6.45, 7) is 0. The Kier molecular flexibility index (Phi) is 4.30. The van der Waals surface area contributed by atoms with Gasteiger partial charge in [-0.15, -0.1) is 0 Å².